The molecule has 0 aromatic heterocycles. The van der Waals surface area contributed by atoms with Crippen LogP contribution in [0, 0.1) is 0 Å². The zero-order chi connectivity index (χ0) is 14.2. The van der Waals surface area contributed by atoms with Crippen LogP contribution in [0.4, 0.5) is 0 Å². The Hall–Kier alpha value is -0.175. The minimum atomic E-state index is -2.92. The maximum absolute atomic E-state index is 8.42. The molecular weight excluding hydrogens is 245 g/mol. The Morgan fingerprint density at radius 2 is 0.632 bits per heavy atom. The van der Waals surface area contributed by atoms with Crippen LogP contribution in [0.5, 0.6) is 0 Å². The number of quaternary nitrogens is 3. The van der Waals surface area contributed by atoms with Gasteiger partial charge in [0.05, 0.1) is 39.3 Å². The van der Waals surface area contributed by atoms with Crippen molar-refractivity contribution in [2.24, 2.45) is 0 Å². The summed E-state index contributed by atoms with van der Waals surface area (Å²) in [5, 5.41) is 32.3. The summed E-state index contributed by atoms with van der Waals surface area (Å²) in [6.07, 6.45) is 8.67. The number of nitrogens with two attached hydrogens (primary N) is 3. The molecule has 0 bridgehead atoms. The first-order chi connectivity index (χ1) is 9.23. The van der Waals surface area contributed by atoms with Crippen molar-refractivity contribution in [1.82, 2.24) is 0 Å². The molecule has 19 heavy (non-hydrogen) atoms. The predicted molar refractivity (Wildman–Crippen MR) is 68.4 cm³/mol. The smallest absolute Gasteiger partial charge is 0.0757 e. The highest BCUT2D eigenvalue weighted by Gasteiger charge is 1.98. The summed E-state index contributed by atoms with van der Waals surface area (Å²) < 4.78 is 0. The van der Waals surface area contributed by atoms with Crippen LogP contribution in [-0.2, 0) is 0 Å². The lowest BCUT2D eigenvalue weighted by atomic mass is 10.3. The Bertz CT molecular complexity index is 115. The third-order valence-electron chi connectivity index (χ3n) is 3.20. The highest BCUT2D eigenvalue weighted by molar-refractivity contribution is 6.24. The van der Waals surface area contributed by atoms with Gasteiger partial charge in [-0.25, -0.2) is 0 Å². The van der Waals surface area contributed by atoms with Gasteiger partial charge in [-0.1, -0.05) is 0 Å². The van der Waals surface area contributed by atoms with E-state index in [1.807, 2.05) is 0 Å². The molecule has 0 saturated carbocycles. The summed E-state index contributed by atoms with van der Waals surface area (Å²) in [6.45, 7) is 8.25. The van der Waals surface area contributed by atoms with E-state index in [2.05, 4.69) is 16.0 Å². The van der Waals surface area contributed by atoms with E-state index in [1.165, 1.54) is 77.8 Å². The average Bonchev–Trinajstić information content (AvgIpc) is 3.18. The second-order valence-corrected chi connectivity index (χ2v) is 5.01. The zero-order valence-corrected chi connectivity index (χ0v) is 12.0. The quantitative estimate of drug-likeness (QED) is 0.382. The molecule has 0 atom stereocenters. The van der Waals surface area contributed by atoms with Gasteiger partial charge in [0, 0.05) is 38.5 Å². The monoisotopic (exact) mass is 275 g/mol. The Morgan fingerprint density at radius 3 is 0.684 bits per heavy atom. The molecular formula is C12H30BN3O3. The lowest BCUT2D eigenvalue weighted by Gasteiger charge is -2.35. The molecule has 0 spiro atoms. The fourth-order valence-electron chi connectivity index (χ4n) is 2.17. The molecule has 3 rings (SSSR count). The summed E-state index contributed by atoms with van der Waals surface area (Å²) in [6, 6.07) is 0. The highest BCUT2D eigenvalue weighted by atomic mass is 16.5. The first-order valence-electron chi connectivity index (χ1n) is 7.66. The van der Waals surface area contributed by atoms with Gasteiger partial charge in [0.1, 0.15) is 0 Å². The second-order valence-electron chi connectivity index (χ2n) is 5.01. The molecule has 7 heteroatoms. The van der Waals surface area contributed by atoms with E-state index in [0.29, 0.717) is 0 Å². The lowest BCUT2D eigenvalue weighted by Crippen LogP contribution is -2.80. The largest absolute Gasteiger partial charge is 0.907 e. The van der Waals surface area contributed by atoms with E-state index in [-0.39, 0.29) is 0 Å². The van der Waals surface area contributed by atoms with Gasteiger partial charge in [-0.05, 0) is 0 Å². The normalized spacial score (nSPS) is 20.4. The summed E-state index contributed by atoms with van der Waals surface area (Å²) in [5.41, 5.74) is 0. The molecule has 0 radical (unpaired) electrons. The molecule has 3 heterocycles. The van der Waals surface area contributed by atoms with Crippen LogP contribution in [0.15, 0.2) is 0 Å². The third kappa shape index (κ3) is 20.3. The molecule has 3 aliphatic rings. The highest BCUT2D eigenvalue weighted by Crippen LogP contribution is 1.83. The van der Waals surface area contributed by atoms with E-state index in [4.69, 9.17) is 15.1 Å². The second kappa shape index (κ2) is 15.9. The van der Waals surface area contributed by atoms with Gasteiger partial charge in [0.2, 0.25) is 0 Å². The molecule has 3 aliphatic heterocycles. The van der Waals surface area contributed by atoms with Gasteiger partial charge >= 0.3 is 0 Å². The van der Waals surface area contributed by atoms with Crippen LogP contribution >= 0.6 is 0 Å². The molecule has 0 aliphatic carbocycles. The Morgan fingerprint density at radius 1 is 0.474 bits per heavy atom. The lowest BCUT2D eigenvalue weighted by molar-refractivity contribution is -0.635. The summed E-state index contributed by atoms with van der Waals surface area (Å²) in [5.74, 6) is 0. The van der Waals surface area contributed by atoms with Crippen molar-refractivity contribution in [2.75, 3.05) is 39.3 Å². The van der Waals surface area contributed by atoms with Gasteiger partial charge in [-0.2, -0.15) is 0 Å². The topological polar surface area (TPSA) is 119 Å². The first kappa shape index (κ1) is 18.8. The summed E-state index contributed by atoms with van der Waals surface area (Å²) >= 11 is 0. The van der Waals surface area contributed by atoms with E-state index in [9.17, 15) is 0 Å². The van der Waals surface area contributed by atoms with Gasteiger partial charge in [0.15, 0.2) is 0 Å². The predicted octanol–water partition coefficient (Wildman–Crippen LogP) is -5.92. The number of hydrogen-bond acceptors (Lipinski definition) is 3. The van der Waals surface area contributed by atoms with Gasteiger partial charge in [-0.3, -0.25) is 7.32 Å². The Balaban J connectivity index is 0.000000229. The SMILES string of the molecule is C1CC[NH2+]C1.C1CC[NH2+]C1.C1CC[NH2+]C1.[O-]B([O-])[O-]. The van der Waals surface area contributed by atoms with Gasteiger partial charge in [-0.15, -0.1) is 0 Å². The summed E-state index contributed by atoms with van der Waals surface area (Å²) in [4.78, 5) is 0. The molecule has 0 aromatic carbocycles. The van der Waals surface area contributed by atoms with E-state index in [0.717, 1.165) is 0 Å². The molecule has 114 valence electrons. The molecule has 6 nitrogen and oxygen atoms in total. The van der Waals surface area contributed by atoms with Gasteiger partial charge in [0.25, 0.3) is 0 Å². The minimum Gasteiger partial charge on any atom is -0.907 e. The van der Waals surface area contributed by atoms with Crippen LogP contribution < -0.4 is 31.0 Å². The standard InChI is InChI=1S/3C4H9N.BO3/c3*1-2-4-5-3-1;2-1(3)4/h3*5H,1-4H2;/q;;;-3/p+3. The number of hydrogen-bond donors (Lipinski definition) is 3. The van der Waals surface area contributed by atoms with Crippen LogP contribution in [0.25, 0.3) is 0 Å². The van der Waals surface area contributed by atoms with Crippen molar-refractivity contribution in [1.29, 1.82) is 0 Å². The van der Waals surface area contributed by atoms with Crippen molar-refractivity contribution >= 4 is 7.32 Å². The van der Waals surface area contributed by atoms with Crippen LogP contribution in [0.1, 0.15) is 38.5 Å². The van der Waals surface area contributed by atoms with E-state index < -0.39 is 7.32 Å². The van der Waals surface area contributed by atoms with Gasteiger partial charge < -0.3 is 31.0 Å². The molecule has 3 fully saturated rings. The fourth-order valence-corrected chi connectivity index (χ4v) is 2.17. The average molecular weight is 275 g/mol. The van der Waals surface area contributed by atoms with E-state index in [1.54, 1.807) is 0 Å². The molecule has 6 N–H and O–H groups in total. The van der Waals surface area contributed by atoms with Crippen molar-refractivity contribution in [3.8, 4) is 0 Å². The maximum atomic E-state index is 8.42. The van der Waals surface area contributed by atoms with E-state index >= 15 is 0 Å². The van der Waals surface area contributed by atoms with Crippen molar-refractivity contribution in [2.45, 2.75) is 38.5 Å². The van der Waals surface area contributed by atoms with Crippen molar-refractivity contribution < 1.29 is 31.0 Å². The Kier molecular flexibility index (Phi) is 15.7. The fraction of sp³-hybridized carbons (Fsp3) is 1.00. The molecule has 3 saturated heterocycles. The first-order valence-corrected chi connectivity index (χ1v) is 7.66. The zero-order valence-electron chi connectivity index (χ0n) is 12.0. The van der Waals surface area contributed by atoms with Crippen LogP contribution in [0.2, 0.25) is 0 Å². The number of rotatable bonds is 0. The molecule has 0 amide bonds. The maximum Gasteiger partial charge on any atom is 0.0757 e. The van der Waals surface area contributed by atoms with Crippen molar-refractivity contribution in [3.05, 3.63) is 0 Å². The Labute approximate surface area is 117 Å². The molecule has 0 aromatic rings. The minimum absolute atomic E-state index is 1.38. The third-order valence-corrected chi connectivity index (χ3v) is 3.20. The van der Waals surface area contributed by atoms with Crippen LogP contribution in [-0.4, -0.2) is 46.6 Å². The summed E-state index contributed by atoms with van der Waals surface area (Å²) in [7, 11) is -2.92. The molecule has 0 unspecified atom stereocenters. The van der Waals surface area contributed by atoms with Crippen LogP contribution in [0.3, 0.4) is 0 Å². The van der Waals surface area contributed by atoms with Crippen molar-refractivity contribution in [3.63, 3.8) is 0 Å².